The van der Waals surface area contributed by atoms with Crippen LogP contribution < -0.4 is 10.6 Å². The van der Waals surface area contributed by atoms with Crippen molar-refractivity contribution in [3.8, 4) is 0 Å². The van der Waals surface area contributed by atoms with Crippen molar-refractivity contribution in [3.05, 3.63) is 0 Å². The number of aliphatic carboxylic acids is 1. The van der Waals surface area contributed by atoms with Crippen LogP contribution in [0.15, 0.2) is 0 Å². The zero-order valence-electron chi connectivity index (χ0n) is 15.1. The van der Waals surface area contributed by atoms with E-state index in [2.05, 4.69) is 10.6 Å². The molecule has 134 valence electrons. The Balaban J connectivity index is 5.42. The van der Waals surface area contributed by atoms with Crippen molar-refractivity contribution < 1.29 is 24.2 Å². The fraction of sp³-hybridized carbons (Fsp3) is 0.812. The third-order valence-electron chi connectivity index (χ3n) is 3.59. The van der Waals surface area contributed by atoms with E-state index < -0.39 is 35.4 Å². The molecule has 0 aromatic rings. The molecule has 0 radical (unpaired) electrons. The molecule has 0 saturated carbocycles. The fourth-order valence-corrected chi connectivity index (χ4v) is 2.38. The standard InChI is InChI=1S/C16H30N2O5/c1-9(2)8-10(11(23-7)15(21)22)13(19)18-12(14(20)17-6)16(3,4)5/h9-12H,8H2,1-7H3,(H,17,20)(H,18,19)(H,21,22)/t10-,11-,12+/m0/s1. The molecule has 0 rings (SSSR count). The van der Waals surface area contributed by atoms with E-state index in [4.69, 9.17) is 4.74 Å². The third-order valence-corrected chi connectivity index (χ3v) is 3.59. The Bertz CT molecular complexity index is 429. The molecule has 3 N–H and O–H groups in total. The van der Waals surface area contributed by atoms with E-state index in [0.717, 1.165) is 0 Å². The molecular formula is C16H30N2O5. The van der Waals surface area contributed by atoms with Crippen LogP contribution in [0.3, 0.4) is 0 Å². The minimum Gasteiger partial charge on any atom is -0.479 e. The van der Waals surface area contributed by atoms with Crippen LogP contribution in [-0.4, -0.2) is 49.2 Å². The number of carboxylic acid groups (broad SMARTS) is 1. The van der Waals surface area contributed by atoms with Crippen molar-refractivity contribution in [2.75, 3.05) is 14.2 Å². The van der Waals surface area contributed by atoms with E-state index >= 15 is 0 Å². The van der Waals surface area contributed by atoms with Crippen LogP contribution in [0.25, 0.3) is 0 Å². The normalized spacial score (nSPS) is 15.7. The van der Waals surface area contributed by atoms with Crippen molar-refractivity contribution in [2.24, 2.45) is 17.3 Å². The first-order valence-corrected chi connectivity index (χ1v) is 7.73. The molecule has 0 aromatic carbocycles. The molecule has 0 aliphatic heterocycles. The minimum atomic E-state index is -1.25. The molecule has 0 aromatic heterocycles. The Morgan fingerprint density at radius 1 is 1.13 bits per heavy atom. The highest BCUT2D eigenvalue weighted by Crippen LogP contribution is 2.23. The van der Waals surface area contributed by atoms with Gasteiger partial charge in [0.25, 0.3) is 0 Å². The highest BCUT2D eigenvalue weighted by molar-refractivity contribution is 5.91. The molecule has 0 unspecified atom stereocenters. The van der Waals surface area contributed by atoms with Gasteiger partial charge in [-0.3, -0.25) is 9.59 Å². The Kier molecular flexibility index (Phi) is 8.23. The average molecular weight is 330 g/mol. The summed E-state index contributed by atoms with van der Waals surface area (Å²) in [6.07, 6.45) is -0.899. The summed E-state index contributed by atoms with van der Waals surface area (Å²) in [6, 6.07) is -0.763. The number of carboxylic acids is 1. The van der Waals surface area contributed by atoms with Gasteiger partial charge >= 0.3 is 5.97 Å². The van der Waals surface area contributed by atoms with Crippen LogP contribution in [0, 0.1) is 17.3 Å². The predicted molar refractivity (Wildman–Crippen MR) is 86.8 cm³/mol. The number of carbonyl (C=O) groups excluding carboxylic acids is 2. The Morgan fingerprint density at radius 3 is 1.96 bits per heavy atom. The average Bonchev–Trinajstić information content (AvgIpc) is 2.41. The summed E-state index contributed by atoms with van der Waals surface area (Å²) in [5, 5.41) is 14.5. The maximum absolute atomic E-state index is 12.6. The van der Waals surface area contributed by atoms with Gasteiger partial charge in [0.05, 0.1) is 5.92 Å². The molecule has 0 saturated heterocycles. The molecule has 0 fully saturated rings. The van der Waals surface area contributed by atoms with E-state index in [9.17, 15) is 19.5 Å². The maximum atomic E-state index is 12.6. The fourth-order valence-electron chi connectivity index (χ4n) is 2.38. The topological polar surface area (TPSA) is 105 Å². The Hall–Kier alpha value is -1.63. The highest BCUT2D eigenvalue weighted by atomic mass is 16.5. The summed E-state index contributed by atoms with van der Waals surface area (Å²) in [4.78, 5) is 36.0. The number of amides is 2. The van der Waals surface area contributed by atoms with Crippen LogP contribution in [0.5, 0.6) is 0 Å². The van der Waals surface area contributed by atoms with Gasteiger partial charge in [-0.25, -0.2) is 4.79 Å². The number of ether oxygens (including phenoxy) is 1. The van der Waals surface area contributed by atoms with Gasteiger partial charge in [-0.2, -0.15) is 0 Å². The molecule has 2 amide bonds. The summed E-state index contributed by atoms with van der Waals surface area (Å²) in [5.74, 6) is -2.77. The lowest BCUT2D eigenvalue weighted by atomic mass is 9.84. The lowest BCUT2D eigenvalue weighted by Crippen LogP contribution is -2.56. The van der Waals surface area contributed by atoms with Gasteiger partial charge < -0.3 is 20.5 Å². The van der Waals surface area contributed by atoms with E-state index in [-0.39, 0.29) is 11.8 Å². The molecule has 0 heterocycles. The van der Waals surface area contributed by atoms with Crippen molar-refractivity contribution in [3.63, 3.8) is 0 Å². The Morgan fingerprint density at radius 2 is 1.65 bits per heavy atom. The summed E-state index contributed by atoms with van der Waals surface area (Å²) in [6.45, 7) is 9.28. The van der Waals surface area contributed by atoms with Crippen molar-refractivity contribution in [1.29, 1.82) is 0 Å². The summed E-state index contributed by atoms with van der Waals surface area (Å²) in [5.41, 5.74) is -0.510. The van der Waals surface area contributed by atoms with Crippen molar-refractivity contribution in [2.45, 2.75) is 53.2 Å². The van der Waals surface area contributed by atoms with E-state index in [1.807, 2.05) is 34.6 Å². The lowest BCUT2D eigenvalue weighted by molar-refractivity contribution is -0.157. The van der Waals surface area contributed by atoms with Gasteiger partial charge in [-0.15, -0.1) is 0 Å². The first-order chi connectivity index (χ1) is 10.4. The number of hydrogen-bond donors (Lipinski definition) is 3. The second-order valence-corrected chi connectivity index (χ2v) is 7.15. The van der Waals surface area contributed by atoms with Crippen molar-refractivity contribution >= 4 is 17.8 Å². The van der Waals surface area contributed by atoms with Gasteiger partial charge in [0.1, 0.15) is 6.04 Å². The third kappa shape index (κ3) is 6.56. The Labute approximate surface area is 138 Å². The van der Waals surface area contributed by atoms with Gasteiger partial charge in [0.2, 0.25) is 11.8 Å². The van der Waals surface area contributed by atoms with Crippen LogP contribution >= 0.6 is 0 Å². The SMILES string of the molecule is CNC(=O)[C@@H](NC(=O)[C@@H](CC(C)C)[C@H](OC)C(=O)O)C(C)(C)C. The molecule has 0 spiro atoms. The van der Waals surface area contributed by atoms with E-state index in [1.54, 1.807) is 0 Å². The first kappa shape index (κ1) is 21.4. The predicted octanol–water partition coefficient (Wildman–Crippen LogP) is 1.03. The number of hydrogen-bond acceptors (Lipinski definition) is 4. The molecule has 23 heavy (non-hydrogen) atoms. The van der Waals surface area contributed by atoms with Crippen LogP contribution in [0.1, 0.15) is 41.0 Å². The zero-order chi connectivity index (χ0) is 18.4. The summed E-state index contributed by atoms with van der Waals surface area (Å²) < 4.78 is 4.99. The van der Waals surface area contributed by atoms with Crippen LogP contribution in [-0.2, 0) is 19.1 Å². The molecule has 0 aliphatic rings. The van der Waals surface area contributed by atoms with Gasteiger partial charge in [0, 0.05) is 14.2 Å². The zero-order valence-corrected chi connectivity index (χ0v) is 15.1. The second kappa shape index (κ2) is 8.86. The van der Waals surface area contributed by atoms with E-state index in [1.165, 1.54) is 14.2 Å². The molecular weight excluding hydrogens is 300 g/mol. The first-order valence-electron chi connectivity index (χ1n) is 7.73. The molecule has 0 bridgehead atoms. The second-order valence-electron chi connectivity index (χ2n) is 7.15. The van der Waals surface area contributed by atoms with Gasteiger partial charge in [-0.05, 0) is 17.8 Å². The summed E-state index contributed by atoms with van der Waals surface area (Å²) in [7, 11) is 2.76. The summed E-state index contributed by atoms with van der Waals surface area (Å²) >= 11 is 0. The lowest BCUT2D eigenvalue weighted by Gasteiger charge is -2.32. The molecule has 0 aliphatic carbocycles. The number of methoxy groups -OCH3 is 1. The van der Waals surface area contributed by atoms with Gasteiger partial charge in [0.15, 0.2) is 6.10 Å². The highest BCUT2D eigenvalue weighted by Gasteiger charge is 2.38. The van der Waals surface area contributed by atoms with E-state index in [0.29, 0.717) is 6.42 Å². The number of rotatable bonds is 8. The monoisotopic (exact) mass is 330 g/mol. The van der Waals surface area contributed by atoms with Gasteiger partial charge in [-0.1, -0.05) is 34.6 Å². The maximum Gasteiger partial charge on any atom is 0.333 e. The van der Waals surface area contributed by atoms with Crippen molar-refractivity contribution in [1.82, 2.24) is 10.6 Å². The molecule has 7 nitrogen and oxygen atoms in total. The largest absolute Gasteiger partial charge is 0.479 e. The number of carbonyl (C=O) groups is 3. The molecule has 3 atom stereocenters. The number of nitrogens with one attached hydrogen (secondary N) is 2. The smallest absolute Gasteiger partial charge is 0.333 e. The van der Waals surface area contributed by atoms with Crippen LogP contribution in [0.4, 0.5) is 0 Å². The molecule has 7 heteroatoms. The number of likely N-dealkylation sites (N-methyl/N-ethyl adjacent to an activating group) is 1. The minimum absolute atomic E-state index is 0.107. The quantitative estimate of drug-likeness (QED) is 0.616. The van der Waals surface area contributed by atoms with Crippen LogP contribution in [0.2, 0.25) is 0 Å².